The lowest BCUT2D eigenvalue weighted by molar-refractivity contribution is 0.0767. The van der Waals surface area contributed by atoms with Gasteiger partial charge < -0.3 is 13.3 Å². The molecule has 0 aliphatic heterocycles. The molecule has 29 heavy (non-hydrogen) atoms. The highest BCUT2D eigenvalue weighted by atomic mass is 28.4. The lowest BCUT2D eigenvalue weighted by Gasteiger charge is -2.42. The van der Waals surface area contributed by atoms with E-state index in [0.29, 0.717) is 17.4 Å². The molecule has 0 bridgehead atoms. The molecule has 0 radical (unpaired) electrons. The van der Waals surface area contributed by atoms with Crippen LogP contribution in [-0.2, 0) is 13.3 Å². The van der Waals surface area contributed by atoms with Gasteiger partial charge >= 0.3 is 8.80 Å². The summed E-state index contributed by atoms with van der Waals surface area (Å²) in [6.45, 7) is 14.3. The van der Waals surface area contributed by atoms with Gasteiger partial charge in [0, 0.05) is 26.9 Å². The summed E-state index contributed by atoms with van der Waals surface area (Å²) in [6, 6.07) is 0. The van der Waals surface area contributed by atoms with E-state index in [4.69, 9.17) is 13.3 Å². The molecule has 176 valence electrons. The molecule has 4 heteroatoms. The summed E-state index contributed by atoms with van der Waals surface area (Å²) < 4.78 is 18.0. The van der Waals surface area contributed by atoms with Crippen molar-refractivity contribution in [2.24, 2.45) is 23.7 Å². The Hall–Kier alpha value is 0.0969. The van der Waals surface area contributed by atoms with Crippen LogP contribution in [0.2, 0.25) is 5.54 Å². The summed E-state index contributed by atoms with van der Waals surface area (Å²) in [6.07, 6.45) is 14.3. The Labute approximate surface area is 185 Å². The SMILES string of the molecule is CCCCCC(CC)C(C)C(CCCCC)C(C)C(CCC)[Si](OC)(OC)OC. The summed E-state index contributed by atoms with van der Waals surface area (Å²) in [5, 5.41) is 0. The minimum absolute atomic E-state index is 0.370. The molecule has 0 rings (SSSR count). The van der Waals surface area contributed by atoms with E-state index >= 15 is 0 Å². The van der Waals surface area contributed by atoms with Crippen LogP contribution in [0.5, 0.6) is 0 Å². The van der Waals surface area contributed by atoms with E-state index in [0.717, 1.165) is 24.7 Å². The molecule has 0 saturated heterocycles. The third-order valence-electron chi connectivity index (χ3n) is 7.48. The van der Waals surface area contributed by atoms with E-state index in [2.05, 4.69) is 41.5 Å². The quantitative estimate of drug-likeness (QED) is 0.153. The molecular weight excluding hydrogens is 376 g/mol. The van der Waals surface area contributed by atoms with Crippen LogP contribution in [0.25, 0.3) is 0 Å². The average molecular weight is 431 g/mol. The zero-order chi connectivity index (χ0) is 22.3. The van der Waals surface area contributed by atoms with E-state index in [9.17, 15) is 0 Å². The fraction of sp³-hybridized carbons (Fsp3) is 1.00. The second-order valence-corrected chi connectivity index (χ2v) is 12.3. The molecular formula is C25H54O3Si. The first kappa shape index (κ1) is 29.1. The summed E-state index contributed by atoms with van der Waals surface area (Å²) in [4.78, 5) is 0. The Morgan fingerprint density at radius 2 is 1.14 bits per heavy atom. The summed E-state index contributed by atoms with van der Waals surface area (Å²) >= 11 is 0. The molecule has 0 saturated carbocycles. The maximum atomic E-state index is 5.99. The third-order valence-corrected chi connectivity index (χ3v) is 10.9. The summed E-state index contributed by atoms with van der Waals surface area (Å²) in [5.74, 6) is 2.81. The zero-order valence-corrected chi connectivity index (χ0v) is 22.4. The minimum Gasteiger partial charge on any atom is -0.377 e. The Morgan fingerprint density at radius 3 is 1.55 bits per heavy atom. The van der Waals surface area contributed by atoms with Crippen molar-refractivity contribution in [3.05, 3.63) is 0 Å². The molecule has 5 atom stereocenters. The minimum atomic E-state index is -2.66. The maximum absolute atomic E-state index is 5.99. The Morgan fingerprint density at radius 1 is 0.621 bits per heavy atom. The van der Waals surface area contributed by atoms with Crippen molar-refractivity contribution in [2.45, 2.75) is 118 Å². The Bertz CT molecular complexity index is 365. The van der Waals surface area contributed by atoms with E-state index in [1.54, 1.807) is 21.3 Å². The van der Waals surface area contributed by atoms with Crippen molar-refractivity contribution in [3.63, 3.8) is 0 Å². The van der Waals surface area contributed by atoms with Gasteiger partial charge in [-0.3, -0.25) is 0 Å². The maximum Gasteiger partial charge on any atom is 0.503 e. The first-order valence-electron chi connectivity index (χ1n) is 12.6. The topological polar surface area (TPSA) is 27.7 Å². The second kappa shape index (κ2) is 16.7. The molecule has 0 amide bonds. The van der Waals surface area contributed by atoms with Crippen LogP contribution in [0.15, 0.2) is 0 Å². The van der Waals surface area contributed by atoms with Crippen LogP contribution in [0.4, 0.5) is 0 Å². The van der Waals surface area contributed by atoms with Crippen molar-refractivity contribution in [1.29, 1.82) is 0 Å². The van der Waals surface area contributed by atoms with Crippen molar-refractivity contribution in [1.82, 2.24) is 0 Å². The first-order chi connectivity index (χ1) is 13.9. The number of unbranched alkanes of at least 4 members (excludes halogenated alkanes) is 4. The van der Waals surface area contributed by atoms with Gasteiger partial charge in [0.05, 0.1) is 0 Å². The highest BCUT2D eigenvalue weighted by Crippen LogP contribution is 2.45. The van der Waals surface area contributed by atoms with Crippen LogP contribution >= 0.6 is 0 Å². The van der Waals surface area contributed by atoms with Crippen molar-refractivity contribution in [2.75, 3.05) is 21.3 Å². The molecule has 0 heterocycles. The smallest absolute Gasteiger partial charge is 0.377 e. The normalized spacial score (nSPS) is 17.7. The van der Waals surface area contributed by atoms with Gasteiger partial charge in [0.1, 0.15) is 0 Å². The van der Waals surface area contributed by atoms with Gasteiger partial charge in [0.2, 0.25) is 0 Å². The molecule has 5 unspecified atom stereocenters. The second-order valence-electron chi connectivity index (χ2n) is 9.15. The van der Waals surface area contributed by atoms with Gasteiger partial charge in [0.25, 0.3) is 0 Å². The average Bonchev–Trinajstić information content (AvgIpc) is 2.74. The molecule has 0 N–H and O–H groups in total. The Balaban J connectivity index is 5.69. The van der Waals surface area contributed by atoms with Crippen LogP contribution < -0.4 is 0 Å². The van der Waals surface area contributed by atoms with E-state index in [1.165, 1.54) is 57.8 Å². The molecule has 0 aromatic rings. The largest absolute Gasteiger partial charge is 0.503 e. The van der Waals surface area contributed by atoms with Gasteiger partial charge in [-0.15, -0.1) is 0 Å². The molecule has 0 fully saturated rings. The predicted molar refractivity (Wildman–Crippen MR) is 129 cm³/mol. The van der Waals surface area contributed by atoms with Crippen molar-refractivity contribution in [3.8, 4) is 0 Å². The molecule has 0 aromatic carbocycles. The molecule has 3 nitrogen and oxygen atoms in total. The van der Waals surface area contributed by atoms with Crippen LogP contribution in [0.1, 0.15) is 112 Å². The fourth-order valence-electron chi connectivity index (χ4n) is 5.55. The highest BCUT2D eigenvalue weighted by Gasteiger charge is 2.51. The monoisotopic (exact) mass is 430 g/mol. The predicted octanol–water partition coefficient (Wildman–Crippen LogP) is 8.11. The van der Waals surface area contributed by atoms with E-state index in [1.807, 2.05) is 0 Å². The van der Waals surface area contributed by atoms with Crippen LogP contribution in [0, 0.1) is 23.7 Å². The van der Waals surface area contributed by atoms with Crippen LogP contribution in [0.3, 0.4) is 0 Å². The van der Waals surface area contributed by atoms with Gasteiger partial charge in [-0.25, -0.2) is 0 Å². The standard InChI is InChI=1S/C25H54O3Si/c1-10-14-16-19-23(13-4)21(5)24(20-17-15-11-2)22(6)25(18-12-3)29(26-7,27-8)28-9/h21-25H,10-20H2,1-9H3. The van der Waals surface area contributed by atoms with Crippen molar-refractivity contribution >= 4 is 8.80 Å². The number of hydrogen-bond acceptors (Lipinski definition) is 3. The molecule has 0 aliphatic carbocycles. The van der Waals surface area contributed by atoms with Crippen molar-refractivity contribution < 1.29 is 13.3 Å². The zero-order valence-electron chi connectivity index (χ0n) is 21.4. The van der Waals surface area contributed by atoms with Gasteiger partial charge in [-0.1, -0.05) is 99.3 Å². The molecule has 0 aliphatic rings. The van der Waals surface area contributed by atoms with Gasteiger partial charge in [-0.05, 0) is 36.5 Å². The number of rotatable bonds is 19. The molecule has 0 aromatic heterocycles. The van der Waals surface area contributed by atoms with Crippen LogP contribution in [-0.4, -0.2) is 30.1 Å². The molecule has 0 spiro atoms. The van der Waals surface area contributed by atoms with E-state index < -0.39 is 8.80 Å². The number of hydrogen-bond donors (Lipinski definition) is 0. The van der Waals surface area contributed by atoms with E-state index in [-0.39, 0.29) is 0 Å². The first-order valence-corrected chi connectivity index (χ1v) is 14.4. The lowest BCUT2D eigenvalue weighted by atomic mass is 9.70. The Kier molecular flexibility index (Phi) is 16.8. The summed E-state index contributed by atoms with van der Waals surface area (Å²) in [7, 11) is 2.68. The fourth-order valence-corrected chi connectivity index (χ4v) is 8.50. The summed E-state index contributed by atoms with van der Waals surface area (Å²) in [5.41, 5.74) is 0.370. The van der Waals surface area contributed by atoms with Gasteiger partial charge in [0.15, 0.2) is 0 Å². The van der Waals surface area contributed by atoms with Gasteiger partial charge in [-0.2, -0.15) is 0 Å². The lowest BCUT2D eigenvalue weighted by Crippen LogP contribution is -2.51. The highest BCUT2D eigenvalue weighted by molar-refractivity contribution is 6.62. The third kappa shape index (κ3) is 9.01.